The number of hydrogen-bond donors (Lipinski definition) is 1. The average molecular weight is 162 g/mol. The van der Waals surface area contributed by atoms with Gasteiger partial charge in [-0.15, -0.1) is 11.6 Å². The van der Waals surface area contributed by atoms with Crippen molar-refractivity contribution in [3.05, 3.63) is 0 Å². The smallest absolute Gasteiger partial charge is 0.0436 e. The van der Waals surface area contributed by atoms with Crippen LogP contribution >= 0.6 is 11.6 Å². The molecule has 3 atom stereocenters. The second-order valence-corrected chi connectivity index (χ2v) is 4.57. The molecule has 1 fully saturated rings. The third kappa shape index (κ3) is 1.64. The van der Waals surface area contributed by atoms with Crippen molar-refractivity contribution in [1.82, 2.24) is 0 Å². The molecule has 0 saturated heterocycles. The lowest BCUT2D eigenvalue weighted by Gasteiger charge is -2.12. The number of hydrogen-bond acceptors (Lipinski definition) is 1. The van der Waals surface area contributed by atoms with E-state index in [0.29, 0.717) is 12.0 Å². The van der Waals surface area contributed by atoms with E-state index >= 15 is 0 Å². The van der Waals surface area contributed by atoms with E-state index < -0.39 is 0 Å². The van der Waals surface area contributed by atoms with Crippen molar-refractivity contribution in [3.63, 3.8) is 0 Å². The van der Waals surface area contributed by atoms with Gasteiger partial charge in [-0.25, -0.2) is 0 Å². The molecule has 1 aliphatic carbocycles. The maximum atomic E-state index is 6.16. The van der Waals surface area contributed by atoms with Crippen LogP contribution in [0.2, 0.25) is 0 Å². The molecule has 0 aromatic carbocycles. The van der Waals surface area contributed by atoms with Crippen molar-refractivity contribution >= 4 is 11.6 Å². The van der Waals surface area contributed by atoms with E-state index in [0.717, 1.165) is 12.8 Å². The first kappa shape index (κ1) is 8.35. The molecule has 60 valence electrons. The molecule has 2 unspecified atom stereocenters. The van der Waals surface area contributed by atoms with E-state index in [9.17, 15) is 0 Å². The van der Waals surface area contributed by atoms with Crippen molar-refractivity contribution in [2.24, 2.45) is 11.7 Å². The van der Waals surface area contributed by atoms with Crippen molar-refractivity contribution in [3.8, 4) is 0 Å². The summed E-state index contributed by atoms with van der Waals surface area (Å²) in [5.41, 5.74) is 5.88. The lowest BCUT2D eigenvalue weighted by molar-refractivity contribution is 0.463. The fourth-order valence-electron chi connectivity index (χ4n) is 1.89. The zero-order valence-electron chi connectivity index (χ0n) is 6.73. The maximum absolute atomic E-state index is 6.16. The van der Waals surface area contributed by atoms with Gasteiger partial charge in [-0.2, -0.15) is 0 Å². The number of alkyl halides is 1. The summed E-state index contributed by atoms with van der Waals surface area (Å²) in [6.45, 7) is 4.27. The van der Waals surface area contributed by atoms with Gasteiger partial charge < -0.3 is 5.73 Å². The van der Waals surface area contributed by atoms with Gasteiger partial charge >= 0.3 is 0 Å². The topological polar surface area (TPSA) is 26.0 Å². The van der Waals surface area contributed by atoms with E-state index in [2.05, 4.69) is 13.8 Å². The van der Waals surface area contributed by atoms with Crippen LogP contribution in [0.4, 0.5) is 0 Å². The Labute approximate surface area is 67.9 Å². The number of halogens is 1. The molecule has 1 aliphatic rings. The first-order chi connectivity index (χ1) is 4.55. The fourth-order valence-corrected chi connectivity index (χ4v) is 2.26. The Balaban J connectivity index is 2.52. The first-order valence-corrected chi connectivity index (χ1v) is 4.37. The highest BCUT2D eigenvalue weighted by atomic mass is 35.5. The Kier molecular flexibility index (Phi) is 2.26. The van der Waals surface area contributed by atoms with E-state index in [1.165, 1.54) is 6.42 Å². The van der Waals surface area contributed by atoms with Gasteiger partial charge in [0.25, 0.3) is 0 Å². The standard InChI is InChI=1S/C8H16ClN/c1-3-6-4-8(2,9)5-7(6)10/h6-7H,3-5,10H2,1-2H3/t6?,7-,8?/m1/s1. The molecule has 10 heavy (non-hydrogen) atoms. The van der Waals surface area contributed by atoms with Crippen LogP contribution in [0, 0.1) is 5.92 Å². The summed E-state index contributed by atoms with van der Waals surface area (Å²) >= 11 is 6.16. The Morgan fingerprint density at radius 2 is 2.20 bits per heavy atom. The summed E-state index contributed by atoms with van der Waals surface area (Å²) in [6.07, 6.45) is 3.24. The highest BCUT2D eigenvalue weighted by Crippen LogP contribution is 2.39. The molecule has 0 bridgehead atoms. The summed E-state index contributed by atoms with van der Waals surface area (Å²) in [6, 6.07) is 0.340. The van der Waals surface area contributed by atoms with Crippen LogP contribution in [0.3, 0.4) is 0 Å². The van der Waals surface area contributed by atoms with E-state index in [1.54, 1.807) is 0 Å². The zero-order chi connectivity index (χ0) is 7.78. The Morgan fingerprint density at radius 3 is 2.40 bits per heavy atom. The van der Waals surface area contributed by atoms with Gasteiger partial charge in [-0.05, 0) is 25.7 Å². The van der Waals surface area contributed by atoms with Crippen LogP contribution in [0.1, 0.15) is 33.1 Å². The molecule has 2 heteroatoms. The summed E-state index contributed by atoms with van der Waals surface area (Å²) < 4.78 is 0. The molecular weight excluding hydrogens is 146 g/mol. The molecule has 0 radical (unpaired) electrons. The molecule has 0 amide bonds. The second-order valence-electron chi connectivity index (χ2n) is 3.65. The van der Waals surface area contributed by atoms with Crippen molar-refractivity contribution in [1.29, 1.82) is 0 Å². The average Bonchev–Trinajstić information content (AvgIpc) is 2.05. The highest BCUT2D eigenvalue weighted by molar-refractivity contribution is 6.23. The highest BCUT2D eigenvalue weighted by Gasteiger charge is 2.37. The predicted octanol–water partition coefficient (Wildman–Crippen LogP) is 2.13. The van der Waals surface area contributed by atoms with E-state index in [1.807, 2.05) is 0 Å². The van der Waals surface area contributed by atoms with Crippen LogP contribution in [0.15, 0.2) is 0 Å². The van der Waals surface area contributed by atoms with Crippen LogP contribution in [-0.2, 0) is 0 Å². The van der Waals surface area contributed by atoms with Gasteiger partial charge in [0.1, 0.15) is 0 Å². The Bertz CT molecular complexity index is 122. The van der Waals surface area contributed by atoms with Crippen LogP contribution in [0.5, 0.6) is 0 Å². The van der Waals surface area contributed by atoms with E-state index in [4.69, 9.17) is 17.3 Å². The molecule has 0 aromatic heterocycles. The SMILES string of the molecule is CCC1CC(C)(Cl)C[C@H]1N. The Hall–Kier alpha value is 0.250. The quantitative estimate of drug-likeness (QED) is 0.586. The first-order valence-electron chi connectivity index (χ1n) is 3.99. The second kappa shape index (κ2) is 2.71. The minimum Gasteiger partial charge on any atom is -0.327 e. The molecule has 1 rings (SSSR count). The molecule has 0 spiro atoms. The molecule has 2 N–H and O–H groups in total. The fraction of sp³-hybridized carbons (Fsp3) is 1.00. The van der Waals surface area contributed by atoms with Gasteiger partial charge in [0, 0.05) is 10.9 Å². The van der Waals surface area contributed by atoms with Crippen molar-refractivity contribution in [2.45, 2.75) is 44.0 Å². The number of rotatable bonds is 1. The van der Waals surface area contributed by atoms with Gasteiger partial charge in [0.15, 0.2) is 0 Å². The van der Waals surface area contributed by atoms with Crippen LogP contribution in [-0.4, -0.2) is 10.9 Å². The van der Waals surface area contributed by atoms with Crippen LogP contribution in [0.25, 0.3) is 0 Å². The maximum Gasteiger partial charge on any atom is 0.0436 e. The molecular formula is C8H16ClN. The van der Waals surface area contributed by atoms with Crippen LogP contribution < -0.4 is 5.73 Å². The molecule has 0 heterocycles. The monoisotopic (exact) mass is 161 g/mol. The zero-order valence-corrected chi connectivity index (χ0v) is 7.49. The van der Waals surface area contributed by atoms with E-state index in [-0.39, 0.29) is 4.87 Å². The summed E-state index contributed by atoms with van der Waals surface area (Å²) in [5.74, 6) is 0.655. The lowest BCUT2D eigenvalue weighted by atomic mass is 10.0. The third-order valence-electron chi connectivity index (χ3n) is 2.48. The molecule has 0 aromatic rings. The Morgan fingerprint density at radius 1 is 1.60 bits per heavy atom. The minimum atomic E-state index is -0.0138. The normalized spacial score (nSPS) is 48.0. The van der Waals surface area contributed by atoms with Gasteiger partial charge in [0.05, 0.1) is 0 Å². The minimum absolute atomic E-state index is 0.0138. The molecule has 1 nitrogen and oxygen atoms in total. The van der Waals surface area contributed by atoms with Gasteiger partial charge in [0.2, 0.25) is 0 Å². The molecule has 1 saturated carbocycles. The van der Waals surface area contributed by atoms with Crippen molar-refractivity contribution < 1.29 is 0 Å². The molecule has 0 aliphatic heterocycles. The largest absolute Gasteiger partial charge is 0.327 e. The summed E-state index contributed by atoms with van der Waals surface area (Å²) in [5, 5.41) is 0. The van der Waals surface area contributed by atoms with Gasteiger partial charge in [-0.1, -0.05) is 13.3 Å². The summed E-state index contributed by atoms with van der Waals surface area (Å²) in [4.78, 5) is -0.0138. The summed E-state index contributed by atoms with van der Waals surface area (Å²) in [7, 11) is 0. The van der Waals surface area contributed by atoms with Gasteiger partial charge in [-0.3, -0.25) is 0 Å². The van der Waals surface area contributed by atoms with Crippen molar-refractivity contribution in [2.75, 3.05) is 0 Å². The predicted molar refractivity (Wildman–Crippen MR) is 45.2 cm³/mol. The third-order valence-corrected chi connectivity index (χ3v) is 2.79. The number of nitrogens with two attached hydrogens (primary N) is 1. The lowest BCUT2D eigenvalue weighted by Crippen LogP contribution is -2.24.